The number of hydrogen-bond acceptors (Lipinski definition) is 1. The van der Waals surface area contributed by atoms with E-state index in [0.29, 0.717) is 0 Å². The lowest BCUT2D eigenvalue weighted by atomic mass is 9.92. The maximum Gasteiger partial charge on any atom is 0.126 e. The molecule has 0 N–H and O–H groups in total. The summed E-state index contributed by atoms with van der Waals surface area (Å²) >= 11 is 0. The second-order valence-electron chi connectivity index (χ2n) is 4.55. The molecule has 0 aliphatic rings. The van der Waals surface area contributed by atoms with E-state index in [9.17, 15) is 0 Å². The van der Waals surface area contributed by atoms with Crippen molar-refractivity contribution in [3.63, 3.8) is 0 Å². The van der Waals surface area contributed by atoms with E-state index in [2.05, 4.69) is 31.4 Å². The van der Waals surface area contributed by atoms with Crippen LogP contribution in [0.1, 0.15) is 29.2 Å². The first-order valence-electron chi connectivity index (χ1n) is 6.54. The van der Waals surface area contributed by atoms with Crippen molar-refractivity contribution in [3.8, 4) is 17.6 Å². The Morgan fingerprint density at radius 3 is 2.55 bits per heavy atom. The van der Waals surface area contributed by atoms with Crippen molar-refractivity contribution in [2.75, 3.05) is 7.11 Å². The fourth-order valence-corrected chi connectivity index (χ4v) is 2.32. The van der Waals surface area contributed by atoms with Gasteiger partial charge >= 0.3 is 0 Å². The van der Waals surface area contributed by atoms with E-state index >= 15 is 0 Å². The van der Waals surface area contributed by atoms with E-state index in [1.54, 1.807) is 7.11 Å². The van der Waals surface area contributed by atoms with Crippen molar-refractivity contribution in [3.05, 3.63) is 71.3 Å². The molecule has 0 fully saturated rings. The largest absolute Gasteiger partial charge is 0.496 e. The lowest BCUT2D eigenvalue weighted by Crippen LogP contribution is -1.97. The maximum absolute atomic E-state index is 5.47. The summed E-state index contributed by atoms with van der Waals surface area (Å²) in [7, 11) is 1.68. The van der Waals surface area contributed by atoms with E-state index in [4.69, 9.17) is 4.74 Å². The van der Waals surface area contributed by atoms with Crippen LogP contribution in [0.3, 0.4) is 0 Å². The van der Waals surface area contributed by atoms with Gasteiger partial charge in [-0.3, -0.25) is 0 Å². The monoisotopic (exact) mass is 262 g/mol. The summed E-state index contributed by atoms with van der Waals surface area (Å²) in [5.41, 5.74) is 5.17. The highest BCUT2D eigenvalue weighted by atomic mass is 16.5. The van der Waals surface area contributed by atoms with Crippen molar-refractivity contribution in [2.24, 2.45) is 0 Å². The minimum Gasteiger partial charge on any atom is -0.496 e. The number of aryl methyl sites for hydroxylation is 1. The third-order valence-corrected chi connectivity index (χ3v) is 3.27. The number of rotatable bonds is 3. The third kappa shape index (κ3) is 2.60. The number of ether oxygens (including phenoxy) is 1. The van der Waals surface area contributed by atoms with Crippen LogP contribution in [0.15, 0.2) is 49.0 Å². The first kappa shape index (κ1) is 14.0. The predicted octanol–water partition coefficient (Wildman–Crippen LogP) is 4.44. The lowest BCUT2D eigenvalue weighted by molar-refractivity contribution is 0.413. The molecule has 2 aromatic carbocycles. The van der Waals surface area contributed by atoms with Gasteiger partial charge in [0.05, 0.1) is 7.11 Å². The Bertz CT molecular complexity index is 699. The van der Waals surface area contributed by atoms with E-state index in [-0.39, 0.29) is 0 Å². The number of benzene rings is 2. The van der Waals surface area contributed by atoms with Crippen molar-refractivity contribution < 1.29 is 4.74 Å². The molecule has 0 aliphatic carbocycles. The summed E-state index contributed by atoms with van der Waals surface area (Å²) in [6.07, 6.45) is 0. The van der Waals surface area contributed by atoms with Crippen LogP contribution >= 0.6 is 0 Å². The van der Waals surface area contributed by atoms with Crippen LogP contribution in [0.5, 0.6) is 5.75 Å². The van der Waals surface area contributed by atoms with Gasteiger partial charge in [-0.15, -0.1) is 5.92 Å². The molecular formula is C19H18O. The number of hydrogen-bond donors (Lipinski definition) is 0. The summed E-state index contributed by atoms with van der Waals surface area (Å²) in [6, 6.07) is 14.1. The van der Waals surface area contributed by atoms with Gasteiger partial charge in [-0.25, -0.2) is 0 Å². The zero-order valence-electron chi connectivity index (χ0n) is 12.2. The molecule has 0 aromatic heterocycles. The van der Waals surface area contributed by atoms with Crippen LogP contribution in [0, 0.1) is 18.8 Å². The van der Waals surface area contributed by atoms with Crippen LogP contribution in [0.25, 0.3) is 5.57 Å². The highest BCUT2D eigenvalue weighted by molar-refractivity contribution is 5.85. The molecule has 0 unspecified atom stereocenters. The molecule has 0 bridgehead atoms. The van der Waals surface area contributed by atoms with Crippen LogP contribution in [-0.2, 0) is 0 Å². The van der Waals surface area contributed by atoms with Gasteiger partial charge in [0.15, 0.2) is 0 Å². The first-order chi connectivity index (χ1) is 9.69. The second-order valence-corrected chi connectivity index (χ2v) is 4.55. The minimum atomic E-state index is 0.842. The van der Waals surface area contributed by atoms with Gasteiger partial charge in [-0.2, -0.15) is 0 Å². The van der Waals surface area contributed by atoms with Crippen molar-refractivity contribution in [1.82, 2.24) is 0 Å². The molecule has 0 amide bonds. The molecular weight excluding hydrogens is 244 g/mol. The Balaban J connectivity index is 2.60. The molecule has 2 rings (SSSR count). The van der Waals surface area contributed by atoms with Gasteiger partial charge in [0.25, 0.3) is 0 Å². The number of methoxy groups -OCH3 is 1. The van der Waals surface area contributed by atoms with E-state index < -0.39 is 0 Å². The highest BCUT2D eigenvalue weighted by Crippen LogP contribution is 2.33. The molecule has 100 valence electrons. The molecule has 0 saturated heterocycles. The first-order valence-corrected chi connectivity index (χ1v) is 6.54. The average molecular weight is 262 g/mol. The van der Waals surface area contributed by atoms with E-state index in [0.717, 1.165) is 33.6 Å². The van der Waals surface area contributed by atoms with Crippen LogP contribution in [-0.4, -0.2) is 7.11 Å². The van der Waals surface area contributed by atoms with Crippen molar-refractivity contribution in [2.45, 2.75) is 13.8 Å². The second kappa shape index (κ2) is 6.12. The van der Waals surface area contributed by atoms with E-state index in [1.807, 2.05) is 43.3 Å². The molecule has 2 aromatic rings. The average Bonchev–Trinajstić information content (AvgIpc) is 2.47. The standard InChI is InChI=1S/C19H18O/c1-5-9-16-11-6-7-12-17(16)15(3)19-14(2)10-8-13-18(19)20-4/h6-8,10-13H,3H2,1-2,4H3. The topological polar surface area (TPSA) is 9.23 Å². The van der Waals surface area contributed by atoms with Crippen LogP contribution in [0.2, 0.25) is 0 Å². The zero-order valence-corrected chi connectivity index (χ0v) is 12.2. The van der Waals surface area contributed by atoms with Gasteiger partial charge in [0.2, 0.25) is 0 Å². The Morgan fingerprint density at radius 1 is 1.10 bits per heavy atom. The normalized spacial score (nSPS) is 9.55. The fraction of sp³-hybridized carbons (Fsp3) is 0.158. The molecule has 0 atom stereocenters. The van der Waals surface area contributed by atoms with Crippen LogP contribution in [0.4, 0.5) is 0 Å². The zero-order chi connectivity index (χ0) is 14.5. The van der Waals surface area contributed by atoms with Gasteiger partial charge < -0.3 is 4.74 Å². The Hall–Kier alpha value is -2.46. The minimum absolute atomic E-state index is 0.842. The summed E-state index contributed by atoms with van der Waals surface area (Å²) < 4.78 is 5.47. The lowest BCUT2D eigenvalue weighted by Gasteiger charge is -2.15. The Kier molecular flexibility index (Phi) is 4.27. The summed E-state index contributed by atoms with van der Waals surface area (Å²) in [6.45, 7) is 8.17. The maximum atomic E-state index is 5.47. The summed E-state index contributed by atoms with van der Waals surface area (Å²) in [5, 5.41) is 0. The molecule has 0 saturated carbocycles. The van der Waals surface area contributed by atoms with Crippen molar-refractivity contribution in [1.29, 1.82) is 0 Å². The van der Waals surface area contributed by atoms with E-state index in [1.165, 1.54) is 0 Å². The quantitative estimate of drug-likeness (QED) is 0.743. The Morgan fingerprint density at radius 2 is 1.85 bits per heavy atom. The van der Waals surface area contributed by atoms with Gasteiger partial charge in [-0.05, 0) is 42.7 Å². The van der Waals surface area contributed by atoms with Crippen LogP contribution < -0.4 is 4.74 Å². The summed E-state index contributed by atoms with van der Waals surface area (Å²) in [4.78, 5) is 0. The SMILES string of the molecule is C=C(c1ccccc1C#CC)c1c(C)cccc1OC. The summed E-state index contributed by atoms with van der Waals surface area (Å²) in [5.74, 6) is 6.93. The molecule has 0 spiro atoms. The highest BCUT2D eigenvalue weighted by Gasteiger charge is 2.13. The molecule has 1 nitrogen and oxygen atoms in total. The van der Waals surface area contributed by atoms with Gasteiger partial charge in [-0.1, -0.05) is 42.8 Å². The molecule has 1 heteroatoms. The fourth-order valence-electron chi connectivity index (χ4n) is 2.32. The van der Waals surface area contributed by atoms with Gasteiger partial charge in [0.1, 0.15) is 5.75 Å². The Labute approximate surface area is 120 Å². The smallest absolute Gasteiger partial charge is 0.126 e. The predicted molar refractivity (Wildman–Crippen MR) is 84.9 cm³/mol. The van der Waals surface area contributed by atoms with Gasteiger partial charge in [0, 0.05) is 11.1 Å². The van der Waals surface area contributed by atoms with Crippen molar-refractivity contribution >= 4 is 5.57 Å². The molecule has 0 radical (unpaired) electrons. The molecule has 20 heavy (non-hydrogen) atoms. The molecule has 0 aliphatic heterocycles. The third-order valence-electron chi connectivity index (χ3n) is 3.27. The molecule has 0 heterocycles.